The fraction of sp³-hybridized carbons (Fsp3) is 0.720. The molecule has 1 aromatic carbocycles. The number of nitrogens with zero attached hydrogens (tertiary/aromatic N) is 2. The highest BCUT2D eigenvalue weighted by atomic mass is 127. The van der Waals surface area contributed by atoms with E-state index in [1.807, 2.05) is 0 Å². The lowest BCUT2D eigenvalue weighted by Gasteiger charge is -2.35. The van der Waals surface area contributed by atoms with Gasteiger partial charge in [0.2, 0.25) is 0 Å². The number of morpholine rings is 1. The first-order chi connectivity index (χ1) is 15.6. The quantitative estimate of drug-likeness (QED) is 0.152. The molecule has 2 atom stereocenters. The molecule has 1 saturated heterocycles. The standard InChI is InChI=1S/C25H44N4O3.HI/c1-5-7-13-30-15-16-31-14-12-27-25(26-6-2)28-17-23-10-8-9-11-24(23)20-29-18-21(3)32-22(4)19-29;/h8-11,21-22H,5-7,12-20H2,1-4H3,(H2,26,27,28);1H. The van der Waals surface area contributed by atoms with E-state index in [0.29, 0.717) is 32.9 Å². The summed E-state index contributed by atoms with van der Waals surface area (Å²) in [6.45, 7) is 16.3. The minimum absolute atomic E-state index is 0. The van der Waals surface area contributed by atoms with Crippen LogP contribution in [0.4, 0.5) is 0 Å². The zero-order valence-corrected chi connectivity index (χ0v) is 23.3. The largest absolute Gasteiger partial charge is 0.379 e. The van der Waals surface area contributed by atoms with Crippen molar-refractivity contribution in [2.75, 3.05) is 52.6 Å². The third kappa shape index (κ3) is 12.9. The number of unbranched alkanes of at least 4 members (excludes halogenated alkanes) is 1. The first-order valence-corrected chi connectivity index (χ1v) is 12.2. The summed E-state index contributed by atoms with van der Waals surface area (Å²) in [5.74, 6) is 0.818. The Morgan fingerprint density at radius 1 is 1.00 bits per heavy atom. The number of guanidine groups is 1. The second kappa shape index (κ2) is 18.4. The van der Waals surface area contributed by atoms with Crippen LogP contribution in [0.5, 0.6) is 0 Å². The Bertz CT molecular complexity index is 652. The van der Waals surface area contributed by atoms with E-state index in [1.165, 1.54) is 11.1 Å². The van der Waals surface area contributed by atoms with E-state index in [0.717, 1.165) is 51.6 Å². The first kappa shape index (κ1) is 30.1. The van der Waals surface area contributed by atoms with Crippen LogP contribution < -0.4 is 10.6 Å². The van der Waals surface area contributed by atoms with E-state index in [-0.39, 0.29) is 36.2 Å². The molecular weight excluding hydrogens is 531 g/mol. The molecule has 2 rings (SSSR count). The van der Waals surface area contributed by atoms with Crippen LogP contribution in [0.2, 0.25) is 0 Å². The van der Waals surface area contributed by atoms with Gasteiger partial charge in [0.15, 0.2) is 5.96 Å². The number of ether oxygens (including phenoxy) is 3. The SMILES string of the molecule is CCCCOCCOCCNC(=NCc1ccccc1CN1CC(C)OC(C)C1)NCC.I. The minimum atomic E-state index is 0. The van der Waals surface area contributed by atoms with Crippen molar-refractivity contribution in [3.63, 3.8) is 0 Å². The molecule has 0 bridgehead atoms. The van der Waals surface area contributed by atoms with Gasteiger partial charge >= 0.3 is 0 Å². The van der Waals surface area contributed by atoms with Gasteiger partial charge in [-0.15, -0.1) is 24.0 Å². The zero-order chi connectivity index (χ0) is 23.0. The van der Waals surface area contributed by atoms with Crippen molar-refractivity contribution >= 4 is 29.9 Å². The summed E-state index contributed by atoms with van der Waals surface area (Å²) in [4.78, 5) is 7.29. The van der Waals surface area contributed by atoms with Crippen LogP contribution in [0.1, 0.15) is 51.7 Å². The summed E-state index contributed by atoms with van der Waals surface area (Å²) in [6.07, 6.45) is 2.82. The molecule has 7 nitrogen and oxygen atoms in total. The Balaban J connectivity index is 0.00000544. The molecule has 2 N–H and O–H groups in total. The molecular formula is C25H45IN4O3. The van der Waals surface area contributed by atoms with E-state index < -0.39 is 0 Å². The molecule has 1 aliphatic heterocycles. The fourth-order valence-corrected chi connectivity index (χ4v) is 3.84. The molecule has 0 radical (unpaired) electrons. The molecule has 33 heavy (non-hydrogen) atoms. The number of hydrogen-bond acceptors (Lipinski definition) is 5. The van der Waals surface area contributed by atoms with E-state index in [2.05, 4.69) is 67.5 Å². The highest BCUT2D eigenvalue weighted by Crippen LogP contribution is 2.17. The number of rotatable bonds is 14. The third-order valence-corrected chi connectivity index (χ3v) is 5.31. The van der Waals surface area contributed by atoms with E-state index in [4.69, 9.17) is 19.2 Å². The van der Waals surface area contributed by atoms with Gasteiger partial charge in [0, 0.05) is 39.3 Å². The molecule has 2 unspecified atom stereocenters. The van der Waals surface area contributed by atoms with Crippen molar-refractivity contribution in [2.45, 2.75) is 65.8 Å². The Labute approximate surface area is 218 Å². The predicted molar refractivity (Wildman–Crippen MR) is 147 cm³/mol. The van der Waals surface area contributed by atoms with Gasteiger partial charge in [0.1, 0.15) is 0 Å². The maximum Gasteiger partial charge on any atom is 0.191 e. The number of hydrogen-bond donors (Lipinski definition) is 2. The predicted octanol–water partition coefficient (Wildman–Crippen LogP) is 3.80. The molecule has 1 aliphatic rings. The normalized spacial score (nSPS) is 19.2. The minimum Gasteiger partial charge on any atom is -0.379 e. The maximum atomic E-state index is 5.88. The number of halogens is 1. The van der Waals surface area contributed by atoms with Gasteiger partial charge in [-0.3, -0.25) is 4.90 Å². The third-order valence-electron chi connectivity index (χ3n) is 5.31. The lowest BCUT2D eigenvalue weighted by molar-refractivity contribution is -0.0705. The molecule has 0 aliphatic carbocycles. The van der Waals surface area contributed by atoms with Gasteiger partial charge in [-0.1, -0.05) is 37.6 Å². The summed E-state index contributed by atoms with van der Waals surface area (Å²) >= 11 is 0. The van der Waals surface area contributed by atoms with Gasteiger partial charge in [0.05, 0.1) is 38.6 Å². The molecule has 0 amide bonds. The summed E-state index contributed by atoms with van der Waals surface area (Å²) in [5, 5.41) is 6.68. The summed E-state index contributed by atoms with van der Waals surface area (Å²) < 4.78 is 17.0. The smallest absolute Gasteiger partial charge is 0.191 e. The number of aliphatic imine (C=N–C) groups is 1. The number of benzene rings is 1. The molecule has 0 spiro atoms. The topological polar surface area (TPSA) is 67.4 Å². The summed E-state index contributed by atoms with van der Waals surface area (Å²) in [5.41, 5.74) is 2.59. The van der Waals surface area contributed by atoms with Crippen molar-refractivity contribution in [1.82, 2.24) is 15.5 Å². The molecule has 190 valence electrons. The summed E-state index contributed by atoms with van der Waals surface area (Å²) in [7, 11) is 0. The second-order valence-corrected chi connectivity index (χ2v) is 8.42. The van der Waals surface area contributed by atoms with Crippen molar-refractivity contribution in [3.8, 4) is 0 Å². The lowest BCUT2D eigenvalue weighted by Crippen LogP contribution is -2.44. The summed E-state index contributed by atoms with van der Waals surface area (Å²) in [6, 6.07) is 8.60. The van der Waals surface area contributed by atoms with Crippen LogP contribution in [0.15, 0.2) is 29.3 Å². The van der Waals surface area contributed by atoms with E-state index >= 15 is 0 Å². The zero-order valence-electron chi connectivity index (χ0n) is 21.0. The van der Waals surface area contributed by atoms with Crippen LogP contribution >= 0.6 is 24.0 Å². The van der Waals surface area contributed by atoms with Gasteiger partial charge in [0.25, 0.3) is 0 Å². The van der Waals surface area contributed by atoms with Gasteiger partial charge in [-0.05, 0) is 38.3 Å². The molecule has 8 heteroatoms. The molecule has 1 heterocycles. The van der Waals surface area contributed by atoms with Gasteiger partial charge in [-0.2, -0.15) is 0 Å². The van der Waals surface area contributed by atoms with Crippen LogP contribution in [0.25, 0.3) is 0 Å². The van der Waals surface area contributed by atoms with Crippen molar-refractivity contribution in [2.24, 2.45) is 4.99 Å². The Hall–Kier alpha value is -0.940. The molecule has 1 aromatic rings. The van der Waals surface area contributed by atoms with Crippen LogP contribution in [-0.4, -0.2) is 75.7 Å². The Kier molecular flexibility index (Phi) is 16.8. The monoisotopic (exact) mass is 576 g/mol. The van der Waals surface area contributed by atoms with Crippen molar-refractivity contribution in [3.05, 3.63) is 35.4 Å². The average molecular weight is 577 g/mol. The number of nitrogens with one attached hydrogen (secondary N) is 2. The highest BCUT2D eigenvalue weighted by Gasteiger charge is 2.22. The molecule has 0 aromatic heterocycles. The van der Waals surface area contributed by atoms with E-state index in [1.54, 1.807) is 0 Å². The van der Waals surface area contributed by atoms with Crippen LogP contribution in [0, 0.1) is 0 Å². The fourth-order valence-electron chi connectivity index (χ4n) is 3.84. The first-order valence-electron chi connectivity index (χ1n) is 12.2. The van der Waals surface area contributed by atoms with Crippen molar-refractivity contribution in [1.29, 1.82) is 0 Å². The lowest BCUT2D eigenvalue weighted by atomic mass is 10.1. The average Bonchev–Trinajstić information content (AvgIpc) is 2.76. The van der Waals surface area contributed by atoms with E-state index in [9.17, 15) is 0 Å². The highest BCUT2D eigenvalue weighted by molar-refractivity contribution is 14.0. The Morgan fingerprint density at radius 2 is 1.67 bits per heavy atom. The Morgan fingerprint density at radius 3 is 2.33 bits per heavy atom. The van der Waals surface area contributed by atoms with Crippen molar-refractivity contribution < 1.29 is 14.2 Å². The van der Waals surface area contributed by atoms with Gasteiger partial charge < -0.3 is 24.8 Å². The molecule has 1 fully saturated rings. The second-order valence-electron chi connectivity index (χ2n) is 8.42. The van der Waals surface area contributed by atoms with Crippen LogP contribution in [0.3, 0.4) is 0 Å². The van der Waals surface area contributed by atoms with Crippen LogP contribution in [-0.2, 0) is 27.3 Å². The maximum absolute atomic E-state index is 5.88. The van der Waals surface area contributed by atoms with Gasteiger partial charge in [-0.25, -0.2) is 4.99 Å². The molecule has 0 saturated carbocycles.